The molecular formula is C62H102NO8+. The van der Waals surface area contributed by atoms with Crippen molar-refractivity contribution in [3.63, 3.8) is 0 Å². The Morgan fingerprint density at radius 2 is 0.803 bits per heavy atom. The summed E-state index contributed by atoms with van der Waals surface area (Å²) in [4.78, 5) is 36.9. The standard InChI is InChI=1S/C62H101NO8/c1-6-8-10-12-13-14-15-16-17-18-19-20-21-22-23-24-25-26-27-28-29-30-31-32-33-34-35-36-37-38-39-40-41-42-43-44-45-46-47-49-51-53-60(65)71-58(56-69-59(64)52-50-48-11-9-7-2)57-70-62(61(66)67)68-55-54-63(3,4)5/h8,10,13-14,16-17,19-20,22-23,25-26,28-29,31-32,34-35,37-38,58,62H,6-7,9,11-12,15,18,21,24,27,30,33,36,39-57H2,1-5H3/p+1/b10-8-,14-13-,17-16-,20-19-,23-22-,26-25-,29-28-,32-31-,35-34-,38-37-. The molecule has 9 nitrogen and oxygen atoms in total. The molecule has 0 radical (unpaired) electrons. The number of esters is 2. The molecule has 2 atom stereocenters. The first kappa shape index (κ1) is 66.7. The second kappa shape index (κ2) is 52.0. The quantitative estimate of drug-likeness (QED) is 0.0211. The zero-order valence-electron chi connectivity index (χ0n) is 45.6. The molecule has 0 saturated carbocycles. The first-order valence-corrected chi connectivity index (χ1v) is 27.7. The number of carboxylic acids is 1. The molecule has 0 heterocycles. The molecular weight excluding hydrogens is 887 g/mol. The molecule has 71 heavy (non-hydrogen) atoms. The molecule has 402 valence electrons. The number of rotatable bonds is 49. The highest BCUT2D eigenvalue weighted by atomic mass is 16.7. The average Bonchev–Trinajstić information content (AvgIpc) is 3.34. The van der Waals surface area contributed by atoms with E-state index in [1.54, 1.807) is 0 Å². The fraction of sp³-hybridized carbons (Fsp3) is 0.629. The molecule has 0 aliphatic carbocycles. The Hall–Kier alpha value is -4.31. The molecule has 1 N–H and O–H groups in total. The van der Waals surface area contributed by atoms with Gasteiger partial charge in [0.1, 0.15) is 13.2 Å². The maximum Gasteiger partial charge on any atom is 0.361 e. The van der Waals surface area contributed by atoms with Crippen molar-refractivity contribution in [3.05, 3.63) is 122 Å². The van der Waals surface area contributed by atoms with Crippen molar-refractivity contribution in [2.24, 2.45) is 0 Å². The van der Waals surface area contributed by atoms with E-state index < -0.39 is 24.3 Å². The Kier molecular flexibility index (Phi) is 48.9. The summed E-state index contributed by atoms with van der Waals surface area (Å²) in [5.41, 5.74) is 0. The lowest BCUT2D eigenvalue weighted by atomic mass is 10.0. The van der Waals surface area contributed by atoms with Gasteiger partial charge < -0.3 is 28.5 Å². The fourth-order valence-corrected chi connectivity index (χ4v) is 6.98. The maximum absolute atomic E-state index is 12.7. The molecule has 0 aromatic rings. The van der Waals surface area contributed by atoms with Crippen molar-refractivity contribution >= 4 is 17.9 Å². The number of allylic oxidation sites excluding steroid dienone is 20. The number of quaternary nitrogens is 1. The Bertz CT molecular complexity index is 1570. The average molecular weight is 989 g/mol. The third-order valence-electron chi connectivity index (χ3n) is 11.2. The Morgan fingerprint density at radius 3 is 1.20 bits per heavy atom. The Morgan fingerprint density at radius 1 is 0.437 bits per heavy atom. The normalized spacial score (nSPS) is 13.8. The molecule has 0 saturated heterocycles. The molecule has 0 fully saturated rings. The molecule has 0 amide bonds. The minimum atomic E-state index is -1.51. The van der Waals surface area contributed by atoms with Crippen LogP contribution in [0.4, 0.5) is 0 Å². The van der Waals surface area contributed by atoms with E-state index in [2.05, 4.69) is 135 Å². The third-order valence-corrected chi connectivity index (χ3v) is 11.2. The van der Waals surface area contributed by atoms with Gasteiger partial charge in [-0.3, -0.25) is 9.59 Å². The number of ether oxygens (including phenoxy) is 4. The number of aliphatic carboxylic acids is 1. The predicted octanol–water partition coefficient (Wildman–Crippen LogP) is 16.1. The van der Waals surface area contributed by atoms with Gasteiger partial charge in [0.25, 0.3) is 6.29 Å². The van der Waals surface area contributed by atoms with Crippen LogP contribution in [0.15, 0.2) is 122 Å². The SMILES string of the molecule is CC/C=C\C/C=C\C/C=C\C/C=C\C/C=C\C/C=C\C/C=C\C/C=C\C/C=C\C/C=C\CCCCCCCCCCCCC(=O)OC(COC(=O)CCCCCCC)COC(OCC[N+](C)(C)C)C(=O)O. The first-order valence-electron chi connectivity index (χ1n) is 27.7. The summed E-state index contributed by atoms with van der Waals surface area (Å²) in [5.74, 6) is -2.04. The second-order valence-electron chi connectivity index (χ2n) is 19.2. The lowest BCUT2D eigenvalue weighted by Crippen LogP contribution is -2.40. The number of hydrogen-bond acceptors (Lipinski definition) is 7. The summed E-state index contributed by atoms with van der Waals surface area (Å²) in [6.45, 7) is 4.63. The molecule has 0 aromatic heterocycles. The van der Waals surface area contributed by atoms with Crippen LogP contribution in [0.3, 0.4) is 0 Å². The smallest absolute Gasteiger partial charge is 0.361 e. The molecule has 9 heteroatoms. The van der Waals surface area contributed by atoms with Crippen molar-refractivity contribution in [1.29, 1.82) is 0 Å². The van der Waals surface area contributed by atoms with Gasteiger partial charge in [0.2, 0.25) is 0 Å². The van der Waals surface area contributed by atoms with Crippen LogP contribution >= 0.6 is 0 Å². The number of unbranched alkanes of at least 4 members (excludes halogenated alkanes) is 14. The second-order valence-corrected chi connectivity index (χ2v) is 19.2. The van der Waals surface area contributed by atoms with Gasteiger partial charge in [-0.15, -0.1) is 0 Å². The number of carbonyl (C=O) groups is 3. The first-order chi connectivity index (χ1) is 34.6. The van der Waals surface area contributed by atoms with Gasteiger partial charge >= 0.3 is 17.9 Å². The third kappa shape index (κ3) is 53.3. The van der Waals surface area contributed by atoms with Gasteiger partial charge in [-0.25, -0.2) is 4.79 Å². The Labute approximate surface area is 434 Å². The van der Waals surface area contributed by atoms with E-state index in [0.717, 1.165) is 122 Å². The van der Waals surface area contributed by atoms with E-state index in [-0.39, 0.29) is 32.2 Å². The van der Waals surface area contributed by atoms with Crippen LogP contribution in [0, 0.1) is 0 Å². The van der Waals surface area contributed by atoms with Crippen molar-refractivity contribution in [2.75, 3.05) is 47.5 Å². The molecule has 0 rings (SSSR count). The zero-order chi connectivity index (χ0) is 52.0. The summed E-state index contributed by atoms with van der Waals surface area (Å²) in [5, 5.41) is 9.61. The summed E-state index contributed by atoms with van der Waals surface area (Å²) < 4.78 is 22.6. The molecule has 0 spiro atoms. The summed E-state index contributed by atoms with van der Waals surface area (Å²) in [6.07, 6.45) is 70.6. The summed E-state index contributed by atoms with van der Waals surface area (Å²) >= 11 is 0. The minimum absolute atomic E-state index is 0.182. The van der Waals surface area contributed by atoms with Crippen LogP contribution in [0.1, 0.15) is 194 Å². The lowest BCUT2D eigenvalue weighted by molar-refractivity contribution is -0.870. The fourth-order valence-electron chi connectivity index (χ4n) is 6.98. The predicted molar refractivity (Wildman–Crippen MR) is 299 cm³/mol. The molecule has 0 bridgehead atoms. The zero-order valence-corrected chi connectivity index (χ0v) is 45.6. The molecule has 0 aliphatic rings. The minimum Gasteiger partial charge on any atom is -0.477 e. The lowest BCUT2D eigenvalue weighted by Gasteiger charge is -2.25. The van der Waals surface area contributed by atoms with Crippen LogP contribution in [-0.2, 0) is 33.3 Å². The highest BCUT2D eigenvalue weighted by Gasteiger charge is 2.25. The Balaban J connectivity index is 3.99. The van der Waals surface area contributed by atoms with Gasteiger partial charge in [-0.2, -0.15) is 0 Å². The van der Waals surface area contributed by atoms with Crippen molar-refractivity contribution in [1.82, 2.24) is 0 Å². The van der Waals surface area contributed by atoms with Crippen LogP contribution < -0.4 is 0 Å². The van der Waals surface area contributed by atoms with E-state index >= 15 is 0 Å². The van der Waals surface area contributed by atoms with E-state index in [0.29, 0.717) is 23.9 Å². The monoisotopic (exact) mass is 989 g/mol. The molecule has 0 aromatic carbocycles. The van der Waals surface area contributed by atoms with E-state index in [4.69, 9.17) is 18.9 Å². The van der Waals surface area contributed by atoms with Crippen LogP contribution in [0.25, 0.3) is 0 Å². The van der Waals surface area contributed by atoms with Crippen molar-refractivity contribution in [2.45, 2.75) is 206 Å². The summed E-state index contributed by atoms with van der Waals surface area (Å²) in [6, 6.07) is 0. The number of carboxylic acid groups (broad SMARTS) is 1. The van der Waals surface area contributed by atoms with Gasteiger partial charge in [0.15, 0.2) is 6.10 Å². The van der Waals surface area contributed by atoms with Crippen LogP contribution in [0.5, 0.6) is 0 Å². The number of nitrogens with zero attached hydrogens (tertiary/aromatic N) is 1. The van der Waals surface area contributed by atoms with E-state index in [1.807, 2.05) is 21.1 Å². The van der Waals surface area contributed by atoms with Gasteiger partial charge in [0.05, 0.1) is 34.4 Å². The summed E-state index contributed by atoms with van der Waals surface area (Å²) in [7, 11) is 5.94. The molecule has 0 aliphatic heterocycles. The van der Waals surface area contributed by atoms with Gasteiger partial charge in [0, 0.05) is 12.8 Å². The van der Waals surface area contributed by atoms with Crippen LogP contribution in [0.2, 0.25) is 0 Å². The van der Waals surface area contributed by atoms with Crippen LogP contribution in [-0.4, -0.2) is 87.4 Å². The topological polar surface area (TPSA) is 108 Å². The number of likely N-dealkylation sites (N-methyl/N-ethyl adjacent to an activating group) is 1. The van der Waals surface area contributed by atoms with E-state index in [9.17, 15) is 19.5 Å². The van der Waals surface area contributed by atoms with Crippen molar-refractivity contribution < 1.29 is 42.9 Å². The number of carbonyl (C=O) groups excluding carboxylic acids is 2. The maximum atomic E-state index is 12.7. The van der Waals surface area contributed by atoms with E-state index in [1.165, 1.54) is 38.5 Å². The number of hydrogen-bond donors (Lipinski definition) is 1. The highest BCUT2D eigenvalue weighted by molar-refractivity contribution is 5.71. The van der Waals surface area contributed by atoms with Gasteiger partial charge in [-0.05, 0) is 89.9 Å². The van der Waals surface area contributed by atoms with Crippen molar-refractivity contribution in [3.8, 4) is 0 Å². The highest BCUT2D eigenvalue weighted by Crippen LogP contribution is 2.14. The van der Waals surface area contributed by atoms with Gasteiger partial charge in [-0.1, -0.05) is 212 Å². The molecule has 2 unspecified atom stereocenters. The largest absolute Gasteiger partial charge is 0.477 e.